The first-order valence-electron chi connectivity index (χ1n) is 8.11. The number of hydrogen-bond acceptors (Lipinski definition) is 3. The van der Waals surface area contributed by atoms with E-state index in [1.807, 2.05) is 42.6 Å². The van der Waals surface area contributed by atoms with Crippen LogP contribution in [0.25, 0.3) is 11.0 Å². The smallest absolute Gasteiger partial charge is 0.169 e. The third-order valence-corrected chi connectivity index (χ3v) is 5.48. The lowest BCUT2D eigenvalue weighted by atomic mass is 10.2. The monoisotopic (exact) mass is 383 g/mol. The molecule has 0 spiro atoms. The highest BCUT2D eigenvalue weighted by Crippen LogP contribution is 2.28. The van der Waals surface area contributed by atoms with Crippen LogP contribution in [0.3, 0.4) is 0 Å². The molecule has 0 aliphatic carbocycles. The number of halogens is 2. The molecule has 0 aliphatic heterocycles. The third-order valence-electron chi connectivity index (χ3n) is 4.06. The van der Waals surface area contributed by atoms with E-state index in [0.29, 0.717) is 12.3 Å². The summed E-state index contributed by atoms with van der Waals surface area (Å²) in [6, 6.07) is 16.3. The van der Waals surface area contributed by atoms with Crippen LogP contribution >= 0.6 is 23.4 Å². The maximum absolute atomic E-state index is 13.4. The molecule has 0 radical (unpaired) electrons. The SMILES string of the molecule is Fc1cccc(CSc2nc3ccncc3n2Cc2ccccc2Cl)c1. The Bertz CT molecular complexity index is 1060. The number of benzene rings is 2. The number of fused-ring (bicyclic) bond motifs is 1. The second kappa shape index (κ2) is 7.48. The van der Waals surface area contributed by atoms with Crippen molar-refractivity contribution in [2.24, 2.45) is 0 Å². The van der Waals surface area contributed by atoms with Gasteiger partial charge in [0.2, 0.25) is 0 Å². The van der Waals surface area contributed by atoms with Gasteiger partial charge in [-0.25, -0.2) is 9.37 Å². The molecule has 3 nitrogen and oxygen atoms in total. The van der Waals surface area contributed by atoms with Crippen molar-refractivity contribution in [1.82, 2.24) is 14.5 Å². The minimum absolute atomic E-state index is 0.225. The number of hydrogen-bond donors (Lipinski definition) is 0. The highest BCUT2D eigenvalue weighted by Gasteiger charge is 2.13. The molecule has 0 atom stereocenters. The van der Waals surface area contributed by atoms with Gasteiger partial charge in [0.05, 0.1) is 23.8 Å². The zero-order valence-electron chi connectivity index (χ0n) is 13.8. The maximum atomic E-state index is 13.4. The van der Waals surface area contributed by atoms with Crippen LogP contribution in [0.1, 0.15) is 11.1 Å². The molecule has 6 heteroatoms. The number of aromatic nitrogens is 3. The van der Waals surface area contributed by atoms with Crippen LogP contribution < -0.4 is 0 Å². The second-order valence-electron chi connectivity index (χ2n) is 5.85. The predicted molar refractivity (Wildman–Crippen MR) is 104 cm³/mol. The molecule has 0 amide bonds. The van der Waals surface area contributed by atoms with Crippen molar-refractivity contribution in [3.8, 4) is 0 Å². The first-order chi connectivity index (χ1) is 12.7. The average Bonchev–Trinajstić information content (AvgIpc) is 3.00. The Hall–Kier alpha value is -2.37. The summed E-state index contributed by atoms with van der Waals surface area (Å²) in [5, 5.41) is 1.58. The van der Waals surface area contributed by atoms with Crippen LogP contribution in [0, 0.1) is 5.82 Å². The summed E-state index contributed by atoms with van der Waals surface area (Å²) in [6.07, 6.45) is 3.54. The molecule has 130 valence electrons. The van der Waals surface area contributed by atoms with E-state index in [1.165, 1.54) is 6.07 Å². The second-order valence-corrected chi connectivity index (χ2v) is 7.20. The molecule has 0 saturated carbocycles. The summed E-state index contributed by atoms with van der Waals surface area (Å²) in [7, 11) is 0. The van der Waals surface area contributed by atoms with Gasteiger partial charge in [-0.1, -0.05) is 53.7 Å². The van der Waals surface area contributed by atoms with E-state index in [4.69, 9.17) is 16.6 Å². The molecule has 0 N–H and O–H groups in total. The summed E-state index contributed by atoms with van der Waals surface area (Å²) in [6.45, 7) is 0.605. The van der Waals surface area contributed by atoms with Gasteiger partial charge in [-0.15, -0.1) is 0 Å². The lowest BCUT2D eigenvalue weighted by Gasteiger charge is -2.10. The molecule has 0 aliphatic rings. The van der Waals surface area contributed by atoms with Gasteiger partial charge in [0, 0.05) is 17.0 Å². The Kier molecular flexibility index (Phi) is 4.91. The molecule has 4 rings (SSSR count). The van der Waals surface area contributed by atoms with E-state index < -0.39 is 0 Å². The summed E-state index contributed by atoms with van der Waals surface area (Å²) < 4.78 is 15.5. The normalized spacial score (nSPS) is 11.2. The highest BCUT2D eigenvalue weighted by atomic mass is 35.5. The van der Waals surface area contributed by atoms with Crippen molar-refractivity contribution in [2.75, 3.05) is 0 Å². The van der Waals surface area contributed by atoms with Crippen LogP contribution in [-0.2, 0) is 12.3 Å². The number of thioether (sulfide) groups is 1. The van der Waals surface area contributed by atoms with Gasteiger partial charge in [0.25, 0.3) is 0 Å². The van der Waals surface area contributed by atoms with E-state index in [2.05, 4.69) is 9.55 Å². The Morgan fingerprint density at radius 1 is 1.08 bits per heavy atom. The lowest BCUT2D eigenvalue weighted by molar-refractivity contribution is 0.626. The van der Waals surface area contributed by atoms with E-state index in [0.717, 1.165) is 32.3 Å². The van der Waals surface area contributed by atoms with E-state index in [1.54, 1.807) is 30.1 Å². The number of nitrogens with zero attached hydrogens (tertiary/aromatic N) is 3. The minimum atomic E-state index is -0.225. The van der Waals surface area contributed by atoms with Gasteiger partial charge in [-0.05, 0) is 35.4 Å². The molecule has 0 fully saturated rings. The van der Waals surface area contributed by atoms with Crippen LogP contribution in [0.5, 0.6) is 0 Å². The van der Waals surface area contributed by atoms with Crippen molar-refractivity contribution in [3.63, 3.8) is 0 Å². The molecule has 26 heavy (non-hydrogen) atoms. The zero-order valence-corrected chi connectivity index (χ0v) is 15.3. The van der Waals surface area contributed by atoms with Gasteiger partial charge in [-0.3, -0.25) is 4.98 Å². The molecule has 4 aromatic rings. The average molecular weight is 384 g/mol. The quantitative estimate of drug-likeness (QED) is 0.422. The largest absolute Gasteiger partial charge is 0.313 e. The molecule has 0 bridgehead atoms. The zero-order chi connectivity index (χ0) is 17.9. The Morgan fingerprint density at radius 2 is 1.96 bits per heavy atom. The third kappa shape index (κ3) is 3.59. The van der Waals surface area contributed by atoms with Crippen molar-refractivity contribution in [3.05, 3.63) is 89.0 Å². The molecule has 0 unspecified atom stereocenters. The first-order valence-corrected chi connectivity index (χ1v) is 9.48. The number of pyridine rings is 1. The Morgan fingerprint density at radius 3 is 2.81 bits per heavy atom. The number of imidazole rings is 1. The standard InChI is InChI=1S/C20H15ClFN3S/c21-17-7-2-1-5-15(17)12-25-19-11-23-9-8-18(19)24-20(25)26-13-14-4-3-6-16(22)10-14/h1-11H,12-13H2. The van der Waals surface area contributed by atoms with Gasteiger partial charge in [-0.2, -0.15) is 0 Å². The number of rotatable bonds is 5. The highest BCUT2D eigenvalue weighted by molar-refractivity contribution is 7.98. The fourth-order valence-corrected chi connectivity index (χ4v) is 3.93. The van der Waals surface area contributed by atoms with E-state index >= 15 is 0 Å². The van der Waals surface area contributed by atoms with Crippen LogP contribution in [0.2, 0.25) is 5.02 Å². The first kappa shape index (κ1) is 17.1. The van der Waals surface area contributed by atoms with Crippen LogP contribution in [0.15, 0.2) is 72.1 Å². The van der Waals surface area contributed by atoms with Crippen molar-refractivity contribution in [1.29, 1.82) is 0 Å². The minimum Gasteiger partial charge on any atom is -0.313 e. The fraction of sp³-hybridized carbons (Fsp3) is 0.100. The topological polar surface area (TPSA) is 30.7 Å². The van der Waals surface area contributed by atoms with Gasteiger partial charge in [0.1, 0.15) is 5.82 Å². The fourth-order valence-electron chi connectivity index (χ4n) is 2.78. The Balaban J connectivity index is 1.68. The van der Waals surface area contributed by atoms with Crippen molar-refractivity contribution in [2.45, 2.75) is 17.5 Å². The van der Waals surface area contributed by atoms with E-state index in [9.17, 15) is 4.39 Å². The van der Waals surface area contributed by atoms with E-state index in [-0.39, 0.29) is 5.82 Å². The van der Waals surface area contributed by atoms with Gasteiger partial charge < -0.3 is 4.57 Å². The van der Waals surface area contributed by atoms with Gasteiger partial charge in [0.15, 0.2) is 5.16 Å². The lowest BCUT2D eigenvalue weighted by Crippen LogP contribution is -2.02. The summed E-state index contributed by atoms with van der Waals surface area (Å²) in [5.41, 5.74) is 3.78. The Labute approximate surface area is 159 Å². The summed E-state index contributed by atoms with van der Waals surface area (Å²) >= 11 is 7.91. The summed E-state index contributed by atoms with van der Waals surface area (Å²) in [5.74, 6) is 0.411. The molecule has 2 aromatic carbocycles. The van der Waals surface area contributed by atoms with Gasteiger partial charge >= 0.3 is 0 Å². The predicted octanol–water partition coefficient (Wildman–Crippen LogP) is 5.56. The van der Waals surface area contributed by atoms with Crippen molar-refractivity contribution < 1.29 is 4.39 Å². The molecular weight excluding hydrogens is 369 g/mol. The van der Waals surface area contributed by atoms with Crippen molar-refractivity contribution >= 4 is 34.4 Å². The molecule has 0 saturated heterocycles. The van der Waals surface area contributed by atoms with Crippen LogP contribution in [0.4, 0.5) is 4.39 Å². The molecule has 2 heterocycles. The maximum Gasteiger partial charge on any atom is 0.169 e. The molecular formula is C20H15ClFN3S. The van der Waals surface area contributed by atoms with Crippen LogP contribution in [-0.4, -0.2) is 14.5 Å². The molecule has 2 aromatic heterocycles. The summed E-state index contributed by atoms with van der Waals surface area (Å²) in [4.78, 5) is 8.95.